The molecule has 18 heavy (non-hydrogen) atoms. The molecular formula is C14H18N2O2. The van der Waals surface area contributed by atoms with Crippen molar-refractivity contribution in [2.24, 2.45) is 0 Å². The number of aromatic nitrogens is 2. The lowest BCUT2D eigenvalue weighted by Gasteiger charge is -2.04. The Hall–Kier alpha value is -1.81. The number of hydrogen-bond acceptors (Lipinski definition) is 3. The number of rotatable bonds is 4. The lowest BCUT2D eigenvalue weighted by Crippen LogP contribution is -1.98. The van der Waals surface area contributed by atoms with Gasteiger partial charge in [0.1, 0.15) is 5.75 Å². The highest BCUT2D eigenvalue weighted by Crippen LogP contribution is 2.21. The van der Waals surface area contributed by atoms with Crippen LogP contribution in [0.5, 0.6) is 5.75 Å². The van der Waals surface area contributed by atoms with E-state index in [1.165, 1.54) is 0 Å². The Bertz CT molecular complexity index is 532. The molecule has 0 spiro atoms. The maximum atomic E-state index is 9.35. The van der Waals surface area contributed by atoms with Gasteiger partial charge in [-0.15, -0.1) is 0 Å². The van der Waals surface area contributed by atoms with Gasteiger partial charge < -0.3 is 9.84 Å². The van der Waals surface area contributed by atoms with Gasteiger partial charge in [-0.2, -0.15) is 5.10 Å². The second kappa shape index (κ2) is 5.23. The summed E-state index contributed by atoms with van der Waals surface area (Å²) in [6, 6.07) is 7.69. The van der Waals surface area contributed by atoms with Crippen molar-refractivity contribution in [3.63, 3.8) is 0 Å². The Morgan fingerprint density at radius 3 is 2.72 bits per heavy atom. The maximum absolute atomic E-state index is 9.35. The highest BCUT2D eigenvalue weighted by molar-refractivity contribution is 5.39. The number of nitrogens with zero attached hydrogens (tertiary/aromatic N) is 2. The monoisotopic (exact) mass is 246 g/mol. The summed E-state index contributed by atoms with van der Waals surface area (Å²) in [4.78, 5) is 0. The summed E-state index contributed by atoms with van der Waals surface area (Å²) < 4.78 is 6.98. The molecule has 0 radical (unpaired) electrons. The highest BCUT2D eigenvalue weighted by Gasteiger charge is 2.12. The number of aliphatic hydroxyl groups is 1. The minimum atomic E-state index is 0.0114. The van der Waals surface area contributed by atoms with Crippen LogP contribution in [0.3, 0.4) is 0 Å². The third-order valence-corrected chi connectivity index (χ3v) is 2.86. The van der Waals surface area contributed by atoms with Gasteiger partial charge in [-0.1, -0.05) is 19.9 Å². The topological polar surface area (TPSA) is 47.3 Å². The summed E-state index contributed by atoms with van der Waals surface area (Å²) in [5.74, 6) is 1.08. The Morgan fingerprint density at radius 2 is 2.17 bits per heavy atom. The molecule has 4 heteroatoms. The van der Waals surface area contributed by atoms with Gasteiger partial charge in [0, 0.05) is 17.8 Å². The predicted octanol–water partition coefficient (Wildman–Crippen LogP) is 2.50. The number of hydrogen-bond donors (Lipinski definition) is 1. The molecule has 0 saturated heterocycles. The van der Waals surface area contributed by atoms with E-state index in [1.54, 1.807) is 11.8 Å². The van der Waals surface area contributed by atoms with Crippen LogP contribution in [0.4, 0.5) is 0 Å². The van der Waals surface area contributed by atoms with Crippen LogP contribution < -0.4 is 4.74 Å². The van der Waals surface area contributed by atoms with Crippen LogP contribution in [-0.4, -0.2) is 22.0 Å². The molecular weight excluding hydrogens is 228 g/mol. The molecule has 0 amide bonds. The van der Waals surface area contributed by atoms with E-state index in [4.69, 9.17) is 4.74 Å². The van der Waals surface area contributed by atoms with E-state index in [1.807, 2.05) is 30.5 Å². The summed E-state index contributed by atoms with van der Waals surface area (Å²) in [5.41, 5.74) is 2.73. The first-order chi connectivity index (χ1) is 8.65. The van der Waals surface area contributed by atoms with Crippen LogP contribution in [0.25, 0.3) is 5.69 Å². The minimum Gasteiger partial charge on any atom is -0.497 e. The molecule has 0 saturated carbocycles. The van der Waals surface area contributed by atoms with Crippen molar-refractivity contribution in [2.45, 2.75) is 26.4 Å². The molecule has 2 aromatic rings. The first kappa shape index (κ1) is 12.6. The lowest BCUT2D eigenvalue weighted by molar-refractivity contribution is 0.280. The van der Waals surface area contributed by atoms with Crippen LogP contribution in [0.1, 0.15) is 31.0 Å². The highest BCUT2D eigenvalue weighted by atomic mass is 16.5. The zero-order valence-electron chi connectivity index (χ0n) is 10.9. The van der Waals surface area contributed by atoms with Crippen molar-refractivity contribution in [3.05, 3.63) is 41.7 Å². The summed E-state index contributed by atoms with van der Waals surface area (Å²) >= 11 is 0. The minimum absolute atomic E-state index is 0.0114. The Kier molecular flexibility index (Phi) is 3.67. The van der Waals surface area contributed by atoms with Crippen molar-refractivity contribution in [2.75, 3.05) is 7.11 Å². The molecule has 0 aliphatic rings. The largest absolute Gasteiger partial charge is 0.497 e. The molecule has 0 aliphatic heterocycles. The number of benzene rings is 1. The first-order valence-electron chi connectivity index (χ1n) is 5.99. The molecule has 0 aliphatic carbocycles. The fraction of sp³-hybridized carbons (Fsp3) is 0.357. The van der Waals surface area contributed by atoms with Crippen LogP contribution >= 0.6 is 0 Å². The van der Waals surface area contributed by atoms with Crippen molar-refractivity contribution >= 4 is 0 Å². The summed E-state index contributed by atoms with van der Waals surface area (Å²) in [7, 11) is 1.64. The van der Waals surface area contributed by atoms with Crippen molar-refractivity contribution in [1.82, 2.24) is 9.78 Å². The molecule has 1 aromatic carbocycles. The zero-order valence-corrected chi connectivity index (χ0v) is 10.9. The van der Waals surface area contributed by atoms with Crippen molar-refractivity contribution < 1.29 is 9.84 Å². The molecule has 0 fully saturated rings. The third kappa shape index (κ3) is 2.38. The average molecular weight is 246 g/mol. The Labute approximate surface area is 107 Å². The predicted molar refractivity (Wildman–Crippen MR) is 70.1 cm³/mol. The number of aliphatic hydroxyl groups excluding tert-OH is 1. The van der Waals surface area contributed by atoms with Crippen molar-refractivity contribution in [1.29, 1.82) is 0 Å². The quantitative estimate of drug-likeness (QED) is 0.901. The fourth-order valence-corrected chi connectivity index (χ4v) is 1.92. The maximum Gasteiger partial charge on any atom is 0.121 e. The van der Waals surface area contributed by atoms with Gasteiger partial charge in [0.25, 0.3) is 0 Å². The van der Waals surface area contributed by atoms with Gasteiger partial charge in [-0.05, 0) is 18.1 Å². The molecule has 1 aromatic heterocycles. The molecule has 1 N–H and O–H groups in total. The zero-order chi connectivity index (χ0) is 13.1. The number of ether oxygens (including phenoxy) is 1. The van der Waals surface area contributed by atoms with E-state index in [2.05, 4.69) is 18.9 Å². The van der Waals surface area contributed by atoms with Gasteiger partial charge in [-0.25, -0.2) is 4.68 Å². The van der Waals surface area contributed by atoms with Crippen molar-refractivity contribution in [3.8, 4) is 11.4 Å². The SMILES string of the molecule is COc1cccc(-n2cc(CO)c(C(C)C)n2)c1. The second-order valence-corrected chi connectivity index (χ2v) is 4.50. The standard InChI is InChI=1S/C14H18N2O2/c1-10(2)14-11(9-17)8-16(15-14)12-5-4-6-13(7-12)18-3/h4-8,10,17H,9H2,1-3H3. The van der Waals surface area contributed by atoms with Crippen LogP contribution in [0, 0.1) is 0 Å². The molecule has 0 bridgehead atoms. The Balaban J connectivity index is 2.44. The normalized spacial score (nSPS) is 10.9. The van der Waals surface area contributed by atoms with Crippen LogP contribution in [0.15, 0.2) is 30.5 Å². The molecule has 2 rings (SSSR count). The van der Waals surface area contributed by atoms with E-state index < -0.39 is 0 Å². The van der Waals surface area contributed by atoms with E-state index in [0.717, 1.165) is 22.7 Å². The molecule has 1 heterocycles. The lowest BCUT2D eigenvalue weighted by atomic mass is 10.1. The van der Waals surface area contributed by atoms with Crippen LogP contribution in [-0.2, 0) is 6.61 Å². The van der Waals surface area contributed by atoms with E-state index in [-0.39, 0.29) is 6.61 Å². The first-order valence-corrected chi connectivity index (χ1v) is 5.99. The summed E-state index contributed by atoms with van der Waals surface area (Å²) in [5, 5.41) is 13.9. The molecule has 4 nitrogen and oxygen atoms in total. The summed E-state index contributed by atoms with van der Waals surface area (Å²) in [6.07, 6.45) is 1.87. The fourth-order valence-electron chi connectivity index (χ4n) is 1.92. The van der Waals surface area contributed by atoms with Gasteiger partial charge >= 0.3 is 0 Å². The third-order valence-electron chi connectivity index (χ3n) is 2.86. The summed E-state index contributed by atoms with van der Waals surface area (Å²) in [6.45, 7) is 4.15. The van der Waals surface area contributed by atoms with Gasteiger partial charge in [0.2, 0.25) is 0 Å². The smallest absolute Gasteiger partial charge is 0.121 e. The van der Waals surface area contributed by atoms with Gasteiger partial charge in [0.05, 0.1) is 25.1 Å². The average Bonchev–Trinajstić information content (AvgIpc) is 2.83. The second-order valence-electron chi connectivity index (χ2n) is 4.50. The van der Waals surface area contributed by atoms with Gasteiger partial charge in [0.15, 0.2) is 0 Å². The molecule has 0 unspecified atom stereocenters. The van der Waals surface area contributed by atoms with Crippen LogP contribution in [0.2, 0.25) is 0 Å². The molecule has 0 atom stereocenters. The van der Waals surface area contributed by atoms with Gasteiger partial charge in [-0.3, -0.25) is 0 Å². The molecule has 96 valence electrons. The Morgan fingerprint density at radius 1 is 1.39 bits per heavy atom. The van der Waals surface area contributed by atoms with E-state index >= 15 is 0 Å². The number of methoxy groups -OCH3 is 1. The van der Waals surface area contributed by atoms with E-state index in [0.29, 0.717) is 5.92 Å². The van der Waals surface area contributed by atoms with E-state index in [9.17, 15) is 5.11 Å².